The van der Waals surface area contributed by atoms with Crippen LogP contribution in [0.4, 0.5) is 0 Å². The number of amides is 1. The lowest BCUT2D eigenvalue weighted by atomic mass is 10.3. The molecule has 0 atom stereocenters. The van der Waals surface area contributed by atoms with Crippen molar-refractivity contribution in [3.63, 3.8) is 0 Å². The Morgan fingerprint density at radius 2 is 2.19 bits per heavy atom. The number of hydrogen-bond acceptors (Lipinski definition) is 6. The Labute approximate surface area is 126 Å². The average Bonchev–Trinajstić information content (AvgIpc) is 3.18. The van der Waals surface area contributed by atoms with Crippen LogP contribution in [0.2, 0.25) is 0 Å². The molecule has 0 spiro atoms. The number of nitrogens with zero attached hydrogens (tertiary/aromatic N) is 3. The first-order chi connectivity index (χ1) is 10.2. The van der Waals surface area contributed by atoms with Gasteiger partial charge in [-0.15, -0.1) is 10.2 Å². The first kappa shape index (κ1) is 14.2. The van der Waals surface area contributed by atoms with Gasteiger partial charge in [-0.25, -0.2) is 0 Å². The summed E-state index contributed by atoms with van der Waals surface area (Å²) >= 11 is 1.41. The van der Waals surface area contributed by atoms with E-state index in [0.717, 1.165) is 37.3 Å². The lowest BCUT2D eigenvalue weighted by molar-refractivity contribution is -0.129. The van der Waals surface area contributed by atoms with E-state index in [1.165, 1.54) is 11.8 Å². The second-order valence-corrected chi connectivity index (χ2v) is 6.00. The number of rotatable bonds is 5. The number of thioether (sulfide) groups is 1. The van der Waals surface area contributed by atoms with Crippen LogP contribution in [0.5, 0.6) is 0 Å². The van der Waals surface area contributed by atoms with Gasteiger partial charge in [-0.2, -0.15) is 0 Å². The molecule has 1 aliphatic heterocycles. The highest BCUT2D eigenvalue weighted by Gasteiger charge is 2.18. The molecular weight excluding hydrogens is 290 g/mol. The summed E-state index contributed by atoms with van der Waals surface area (Å²) in [7, 11) is 0. The van der Waals surface area contributed by atoms with E-state index in [0.29, 0.717) is 23.3 Å². The van der Waals surface area contributed by atoms with Crippen molar-refractivity contribution in [2.75, 3.05) is 18.8 Å². The minimum atomic E-state index is 0.213. The fourth-order valence-electron chi connectivity index (χ4n) is 2.33. The summed E-state index contributed by atoms with van der Waals surface area (Å²) in [4.78, 5) is 13.8. The summed E-state index contributed by atoms with van der Waals surface area (Å²) in [5, 5.41) is 8.48. The maximum absolute atomic E-state index is 11.9. The minimum absolute atomic E-state index is 0.213. The smallest absolute Gasteiger partial charge is 0.276 e. The molecule has 0 radical (unpaired) electrons. The summed E-state index contributed by atoms with van der Waals surface area (Å²) < 4.78 is 10.8. The molecule has 0 saturated carbocycles. The fourth-order valence-corrected chi connectivity index (χ4v) is 3.02. The van der Waals surface area contributed by atoms with Crippen LogP contribution in [0, 0.1) is 6.92 Å². The number of furan rings is 1. The number of aryl methyl sites for hydroxylation is 1. The van der Waals surface area contributed by atoms with Gasteiger partial charge in [0.1, 0.15) is 5.76 Å². The molecule has 0 aliphatic carbocycles. The number of hydrogen-bond donors (Lipinski definition) is 0. The van der Waals surface area contributed by atoms with E-state index in [-0.39, 0.29) is 5.91 Å². The quantitative estimate of drug-likeness (QED) is 0.791. The van der Waals surface area contributed by atoms with Crippen LogP contribution in [-0.4, -0.2) is 39.8 Å². The first-order valence-corrected chi connectivity index (χ1v) is 8.01. The zero-order valence-corrected chi connectivity index (χ0v) is 12.7. The average molecular weight is 307 g/mol. The van der Waals surface area contributed by atoms with Crippen LogP contribution in [0.3, 0.4) is 0 Å². The molecule has 3 heterocycles. The lowest BCUT2D eigenvalue weighted by Crippen LogP contribution is -2.27. The molecule has 0 unspecified atom stereocenters. The third kappa shape index (κ3) is 3.29. The Morgan fingerprint density at radius 1 is 1.38 bits per heavy atom. The van der Waals surface area contributed by atoms with Crippen molar-refractivity contribution in [1.82, 2.24) is 15.1 Å². The van der Waals surface area contributed by atoms with Crippen molar-refractivity contribution in [1.29, 1.82) is 0 Å². The van der Waals surface area contributed by atoms with Gasteiger partial charge in [0.15, 0.2) is 0 Å². The second-order valence-electron chi connectivity index (χ2n) is 4.95. The summed E-state index contributed by atoms with van der Waals surface area (Å²) in [5.74, 6) is 2.07. The standard InChI is InChI=1S/C14H17N3O3S/c1-10-11(4-8-19-10)13-15-16-14(20-13)21-9-5-12(18)17-6-2-3-7-17/h4,8H,2-3,5-7,9H2,1H3. The highest BCUT2D eigenvalue weighted by Crippen LogP contribution is 2.26. The van der Waals surface area contributed by atoms with E-state index in [9.17, 15) is 4.79 Å². The molecule has 2 aromatic heterocycles. The zero-order valence-electron chi connectivity index (χ0n) is 11.9. The molecule has 3 rings (SSSR count). The van der Waals surface area contributed by atoms with Crippen LogP contribution in [0.1, 0.15) is 25.0 Å². The Morgan fingerprint density at radius 3 is 2.90 bits per heavy atom. The SMILES string of the molecule is Cc1occc1-c1nnc(SCCC(=O)N2CCCC2)o1. The van der Waals surface area contributed by atoms with Gasteiger partial charge < -0.3 is 13.7 Å². The van der Waals surface area contributed by atoms with Gasteiger partial charge in [0.25, 0.3) is 11.1 Å². The normalized spacial score (nSPS) is 14.8. The van der Waals surface area contributed by atoms with Crippen molar-refractivity contribution in [3.05, 3.63) is 18.1 Å². The predicted octanol–water partition coefficient (Wildman–Crippen LogP) is 2.74. The largest absolute Gasteiger partial charge is 0.469 e. The van der Waals surface area contributed by atoms with Crippen molar-refractivity contribution < 1.29 is 13.6 Å². The number of carbonyl (C=O) groups is 1. The second kappa shape index (κ2) is 6.34. The lowest BCUT2D eigenvalue weighted by Gasteiger charge is -2.14. The molecule has 6 nitrogen and oxygen atoms in total. The van der Waals surface area contributed by atoms with Crippen LogP contribution >= 0.6 is 11.8 Å². The maximum atomic E-state index is 11.9. The number of carbonyl (C=O) groups excluding carboxylic acids is 1. The molecule has 1 amide bonds. The molecule has 112 valence electrons. The van der Waals surface area contributed by atoms with Crippen LogP contribution < -0.4 is 0 Å². The molecule has 0 bridgehead atoms. The molecular formula is C14H17N3O3S. The summed E-state index contributed by atoms with van der Waals surface area (Å²) in [6.07, 6.45) is 4.34. The van der Waals surface area contributed by atoms with E-state index in [1.54, 1.807) is 12.3 Å². The highest BCUT2D eigenvalue weighted by molar-refractivity contribution is 7.99. The van der Waals surface area contributed by atoms with Crippen molar-refractivity contribution in [2.45, 2.75) is 31.4 Å². The van der Waals surface area contributed by atoms with Crippen LogP contribution in [0.25, 0.3) is 11.5 Å². The molecule has 2 aromatic rings. The molecule has 0 N–H and O–H groups in total. The Bertz CT molecular complexity index is 617. The Balaban J connectivity index is 1.51. The van der Waals surface area contributed by atoms with Crippen molar-refractivity contribution in [3.8, 4) is 11.5 Å². The Kier molecular flexibility index (Phi) is 4.28. The molecule has 7 heteroatoms. The van der Waals surface area contributed by atoms with Crippen LogP contribution in [-0.2, 0) is 4.79 Å². The van der Waals surface area contributed by atoms with Crippen molar-refractivity contribution >= 4 is 17.7 Å². The van der Waals surface area contributed by atoms with E-state index >= 15 is 0 Å². The number of aromatic nitrogens is 2. The third-order valence-corrected chi connectivity index (χ3v) is 4.32. The molecule has 21 heavy (non-hydrogen) atoms. The van der Waals surface area contributed by atoms with E-state index in [1.807, 2.05) is 11.8 Å². The minimum Gasteiger partial charge on any atom is -0.469 e. The summed E-state index contributed by atoms with van der Waals surface area (Å²) in [6.45, 7) is 3.64. The van der Waals surface area contributed by atoms with Gasteiger partial charge in [0.2, 0.25) is 5.91 Å². The zero-order chi connectivity index (χ0) is 14.7. The number of likely N-dealkylation sites (tertiary alicyclic amines) is 1. The van der Waals surface area contributed by atoms with Gasteiger partial charge in [0.05, 0.1) is 11.8 Å². The van der Waals surface area contributed by atoms with Crippen molar-refractivity contribution in [2.24, 2.45) is 0 Å². The fraction of sp³-hybridized carbons (Fsp3) is 0.500. The third-order valence-electron chi connectivity index (χ3n) is 3.50. The van der Waals surface area contributed by atoms with Gasteiger partial charge >= 0.3 is 0 Å². The summed E-state index contributed by atoms with van der Waals surface area (Å²) in [6, 6.07) is 1.80. The molecule has 0 aromatic carbocycles. The molecule has 1 saturated heterocycles. The van der Waals surface area contributed by atoms with E-state index in [2.05, 4.69) is 10.2 Å². The topological polar surface area (TPSA) is 72.4 Å². The molecule has 1 aliphatic rings. The van der Waals surface area contributed by atoms with E-state index < -0.39 is 0 Å². The first-order valence-electron chi connectivity index (χ1n) is 7.02. The Hall–Kier alpha value is -1.76. The summed E-state index contributed by atoms with van der Waals surface area (Å²) in [5.41, 5.74) is 0.808. The van der Waals surface area contributed by atoms with Gasteiger partial charge in [-0.05, 0) is 25.8 Å². The van der Waals surface area contributed by atoms with Crippen LogP contribution in [0.15, 0.2) is 26.4 Å². The maximum Gasteiger partial charge on any atom is 0.276 e. The van der Waals surface area contributed by atoms with Gasteiger partial charge in [-0.3, -0.25) is 4.79 Å². The molecule has 1 fully saturated rings. The van der Waals surface area contributed by atoms with E-state index in [4.69, 9.17) is 8.83 Å². The van der Waals surface area contributed by atoms with Gasteiger partial charge in [-0.1, -0.05) is 11.8 Å². The predicted molar refractivity (Wildman–Crippen MR) is 77.9 cm³/mol. The highest BCUT2D eigenvalue weighted by atomic mass is 32.2. The van der Waals surface area contributed by atoms with Gasteiger partial charge in [0, 0.05) is 25.3 Å². The monoisotopic (exact) mass is 307 g/mol.